The zero-order valence-electron chi connectivity index (χ0n) is 14.2. The lowest BCUT2D eigenvalue weighted by Crippen LogP contribution is -2.43. The summed E-state index contributed by atoms with van der Waals surface area (Å²) in [6.45, 7) is 9.46. The Kier molecular flexibility index (Phi) is 4.66. The average molecular weight is 314 g/mol. The van der Waals surface area contributed by atoms with Crippen molar-refractivity contribution in [3.63, 3.8) is 0 Å². The van der Waals surface area contributed by atoms with Crippen LogP contribution in [0.5, 0.6) is 0 Å². The Morgan fingerprint density at radius 3 is 3.00 bits per heavy atom. The van der Waals surface area contributed by atoms with E-state index in [4.69, 9.17) is 0 Å². The molecule has 1 N–H and O–H groups in total. The van der Waals surface area contributed by atoms with Crippen LogP contribution in [0.2, 0.25) is 0 Å². The predicted molar refractivity (Wildman–Crippen MR) is 91.7 cm³/mol. The number of hydrogen-bond donors (Lipinski definition) is 1. The van der Waals surface area contributed by atoms with Crippen LogP contribution < -0.4 is 5.32 Å². The number of fused-ring (bicyclic) bond motifs is 1. The highest BCUT2D eigenvalue weighted by Gasteiger charge is 2.22. The molecule has 2 aromatic rings. The number of rotatable bonds is 4. The quantitative estimate of drug-likeness (QED) is 0.943. The van der Waals surface area contributed by atoms with Crippen molar-refractivity contribution in [1.82, 2.24) is 19.6 Å². The van der Waals surface area contributed by atoms with Gasteiger partial charge < -0.3 is 14.6 Å². The predicted octanol–water partition coefficient (Wildman–Crippen LogP) is 2.49. The third-order valence-electron chi connectivity index (χ3n) is 4.76. The standard InChI is InChI=1S/C18H26N4O/c1-13(2)21-9-5-7-15(11-21)10-19-18(23)16-12-22-14(3)6-4-8-17(22)20-16/h4,6,8,12-13,15H,5,7,9-11H2,1-3H3,(H,19,23). The Bertz CT molecular complexity index is 691. The maximum atomic E-state index is 12.4. The highest BCUT2D eigenvalue weighted by Crippen LogP contribution is 2.18. The van der Waals surface area contributed by atoms with E-state index in [2.05, 4.69) is 29.0 Å². The van der Waals surface area contributed by atoms with Gasteiger partial charge in [0.1, 0.15) is 11.3 Å². The minimum Gasteiger partial charge on any atom is -0.350 e. The van der Waals surface area contributed by atoms with Crippen molar-refractivity contribution >= 4 is 11.6 Å². The van der Waals surface area contributed by atoms with Crippen molar-refractivity contribution in [2.75, 3.05) is 19.6 Å². The first-order valence-corrected chi connectivity index (χ1v) is 8.51. The number of imidazole rings is 1. The van der Waals surface area contributed by atoms with Crippen LogP contribution in [0.3, 0.4) is 0 Å². The minimum atomic E-state index is -0.0743. The van der Waals surface area contributed by atoms with E-state index in [0.717, 1.165) is 24.4 Å². The molecule has 1 saturated heterocycles. The largest absolute Gasteiger partial charge is 0.350 e. The number of aromatic nitrogens is 2. The van der Waals surface area contributed by atoms with Crippen LogP contribution in [0.4, 0.5) is 0 Å². The number of amides is 1. The number of pyridine rings is 1. The van der Waals surface area contributed by atoms with Gasteiger partial charge in [0.25, 0.3) is 5.91 Å². The van der Waals surface area contributed by atoms with Gasteiger partial charge in [-0.2, -0.15) is 0 Å². The molecule has 1 unspecified atom stereocenters. The zero-order chi connectivity index (χ0) is 16.4. The van der Waals surface area contributed by atoms with E-state index in [1.165, 1.54) is 19.4 Å². The van der Waals surface area contributed by atoms with Gasteiger partial charge in [-0.1, -0.05) is 6.07 Å². The van der Waals surface area contributed by atoms with E-state index < -0.39 is 0 Å². The highest BCUT2D eigenvalue weighted by atomic mass is 16.1. The van der Waals surface area contributed by atoms with Crippen molar-refractivity contribution in [2.45, 2.75) is 39.7 Å². The van der Waals surface area contributed by atoms with Crippen LogP contribution in [0.1, 0.15) is 42.9 Å². The van der Waals surface area contributed by atoms with E-state index in [-0.39, 0.29) is 5.91 Å². The van der Waals surface area contributed by atoms with Gasteiger partial charge in [0, 0.05) is 31.0 Å². The molecule has 1 fully saturated rings. The minimum absolute atomic E-state index is 0.0743. The average Bonchev–Trinajstić information content (AvgIpc) is 2.98. The molecule has 23 heavy (non-hydrogen) atoms. The summed E-state index contributed by atoms with van der Waals surface area (Å²) in [6.07, 6.45) is 4.22. The van der Waals surface area contributed by atoms with Gasteiger partial charge in [0.2, 0.25) is 0 Å². The van der Waals surface area contributed by atoms with E-state index in [0.29, 0.717) is 17.7 Å². The van der Waals surface area contributed by atoms with E-state index in [9.17, 15) is 4.79 Å². The monoisotopic (exact) mass is 314 g/mol. The molecule has 1 aliphatic rings. The van der Waals surface area contributed by atoms with Crippen molar-refractivity contribution in [2.24, 2.45) is 5.92 Å². The van der Waals surface area contributed by atoms with E-state index in [1.807, 2.05) is 35.7 Å². The number of likely N-dealkylation sites (tertiary alicyclic amines) is 1. The molecule has 0 bridgehead atoms. The van der Waals surface area contributed by atoms with Crippen molar-refractivity contribution in [1.29, 1.82) is 0 Å². The Morgan fingerprint density at radius 1 is 1.43 bits per heavy atom. The molecule has 5 nitrogen and oxygen atoms in total. The first-order chi connectivity index (χ1) is 11.0. The van der Waals surface area contributed by atoms with Crippen LogP contribution in [0.25, 0.3) is 5.65 Å². The molecular formula is C18H26N4O. The number of aryl methyl sites for hydroxylation is 1. The lowest BCUT2D eigenvalue weighted by molar-refractivity contribution is 0.0918. The normalized spacial score (nSPS) is 19.4. The van der Waals surface area contributed by atoms with Crippen LogP contribution >= 0.6 is 0 Å². The number of carbonyl (C=O) groups excluding carboxylic acids is 1. The second kappa shape index (κ2) is 6.71. The molecule has 1 atom stereocenters. The molecule has 0 saturated carbocycles. The fourth-order valence-electron chi connectivity index (χ4n) is 3.32. The number of nitrogens with zero attached hydrogens (tertiary/aromatic N) is 3. The van der Waals surface area contributed by atoms with Crippen LogP contribution in [0, 0.1) is 12.8 Å². The van der Waals surface area contributed by atoms with E-state index >= 15 is 0 Å². The van der Waals surface area contributed by atoms with Crippen molar-refractivity contribution in [3.8, 4) is 0 Å². The second-order valence-corrected chi connectivity index (χ2v) is 6.83. The Morgan fingerprint density at radius 2 is 2.26 bits per heavy atom. The third kappa shape index (κ3) is 3.55. The molecule has 3 rings (SSSR count). The zero-order valence-corrected chi connectivity index (χ0v) is 14.2. The van der Waals surface area contributed by atoms with Crippen LogP contribution in [0.15, 0.2) is 24.4 Å². The highest BCUT2D eigenvalue weighted by molar-refractivity contribution is 5.92. The van der Waals surface area contributed by atoms with Gasteiger partial charge in [-0.25, -0.2) is 4.98 Å². The maximum Gasteiger partial charge on any atom is 0.271 e. The van der Waals surface area contributed by atoms with Gasteiger partial charge in [-0.3, -0.25) is 4.79 Å². The summed E-state index contributed by atoms with van der Waals surface area (Å²) in [5, 5.41) is 3.07. The van der Waals surface area contributed by atoms with Crippen LogP contribution in [-0.4, -0.2) is 45.9 Å². The molecular weight excluding hydrogens is 288 g/mol. The number of piperidine rings is 1. The smallest absolute Gasteiger partial charge is 0.271 e. The molecule has 1 amide bonds. The topological polar surface area (TPSA) is 49.6 Å². The number of carbonyl (C=O) groups is 1. The van der Waals surface area contributed by atoms with Gasteiger partial charge in [-0.15, -0.1) is 0 Å². The Balaban J connectivity index is 1.61. The Hall–Kier alpha value is -1.88. The van der Waals surface area contributed by atoms with Gasteiger partial charge in [0.15, 0.2) is 0 Å². The molecule has 2 aromatic heterocycles. The fourth-order valence-corrected chi connectivity index (χ4v) is 3.32. The number of nitrogens with one attached hydrogen (secondary N) is 1. The summed E-state index contributed by atoms with van der Waals surface area (Å²) in [6, 6.07) is 6.47. The lowest BCUT2D eigenvalue weighted by Gasteiger charge is -2.35. The third-order valence-corrected chi connectivity index (χ3v) is 4.76. The summed E-state index contributed by atoms with van der Waals surface area (Å²) in [5.74, 6) is 0.462. The van der Waals surface area contributed by atoms with Crippen molar-refractivity contribution in [3.05, 3.63) is 35.8 Å². The molecule has 5 heteroatoms. The number of hydrogen-bond acceptors (Lipinski definition) is 3. The molecule has 124 valence electrons. The SMILES string of the molecule is Cc1cccc2nc(C(=O)NCC3CCCN(C(C)C)C3)cn12. The summed E-state index contributed by atoms with van der Waals surface area (Å²) < 4.78 is 1.95. The molecule has 0 spiro atoms. The maximum absolute atomic E-state index is 12.4. The Labute approximate surface area is 137 Å². The molecule has 3 heterocycles. The van der Waals surface area contributed by atoms with Gasteiger partial charge >= 0.3 is 0 Å². The van der Waals surface area contributed by atoms with Gasteiger partial charge in [0.05, 0.1) is 0 Å². The van der Waals surface area contributed by atoms with Crippen LogP contribution in [-0.2, 0) is 0 Å². The van der Waals surface area contributed by atoms with Gasteiger partial charge in [-0.05, 0) is 58.2 Å². The first kappa shape index (κ1) is 16.0. The van der Waals surface area contributed by atoms with E-state index in [1.54, 1.807) is 0 Å². The summed E-state index contributed by atoms with van der Waals surface area (Å²) in [5.41, 5.74) is 2.39. The molecule has 0 aromatic carbocycles. The molecule has 1 aliphatic heterocycles. The summed E-state index contributed by atoms with van der Waals surface area (Å²) >= 11 is 0. The summed E-state index contributed by atoms with van der Waals surface area (Å²) in [4.78, 5) is 19.3. The lowest BCUT2D eigenvalue weighted by atomic mass is 9.97. The summed E-state index contributed by atoms with van der Waals surface area (Å²) in [7, 11) is 0. The first-order valence-electron chi connectivity index (χ1n) is 8.51. The molecule has 0 aliphatic carbocycles. The molecule has 0 radical (unpaired) electrons. The fraction of sp³-hybridized carbons (Fsp3) is 0.556. The van der Waals surface area contributed by atoms with Crippen molar-refractivity contribution < 1.29 is 4.79 Å². The second-order valence-electron chi connectivity index (χ2n) is 6.83.